The van der Waals surface area contributed by atoms with Crippen molar-refractivity contribution >= 4 is 11.7 Å². The first-order valence-electron chi connectivity index (χ1n) is 10.1. The molecule has 0 saturated carbocycles. The number of hydrogen-bond donors (Lipinski definition) is 0. The highest BCUT2D eigenvalue weighted by atomic mass is 16.2. The summed E-state index contributed by atoms with van der Waals surface area (Å²) in [6, 6.07) is 27.0. The van der Waals surface area contributed by atoms with Crippen LogP contribution in [0.4, 0.5) is 0 Å². The lowest BCUT2D eigenvalue weighted by atomic mass is 9.89. The molecular weight excluding hydrogens is 356 g/mol. The Labute approximate surface area is 172 Å². The van der Waals surface area contributed by atoms with Crippen LogP contribution in [0.15, 0.2) is 83.9 Å². The number of amides is 1. The van der Waals surface area contributed by atoms with Crippen molar-refractivity contribution in [2.24, 2.45) is 10.4 Å². The Balaban J connectivity index is 1.94. The van der Waals surface area contributed by atoms with Crippen LogP contribution in [0.3, 0.4) is 0 Å². The predicted octanol–water partition coefficient (Wildman–Crippen LogP) is 5.66. The van der Waals surface area contributed by atoms with Gasteiger partial charge in [-0.05, 0) is 22.3 Å². The summed E-state index contributed by atoms with van der Waals surface area (Å²) in [5.41, 5.74) is 5.01. The Kier molecular flexibility index (Phi) is 5.06. The maximum absolute atomic E-state index is 13.2. The summed E-state index contributed by atoms with van der Waals surface area (Å²) >= 11 is 0. The molecule has 3 aromatic rings. The molecule has 0 aliphatic carbocycles. The predicted molar refractivity (Wildman–Crippen MR) is 120 cm³/mol. The molecule has 1 aliphatic heterocycles. The molecule has 4 rings (SSSR count). The average Bonchev–Trinajstić information content (AvgIpc) is 3.22. The summed E-state index contributed by atoms with van der Waals surface area (Å²) < 4.78 is 0. The molecule has 3 heteroatoms. The van der Waals surface area contributed by atoms with E-state index in [-0.39, 0.29) is 5.91 Å². The van der Waals surface area contributed by atoms with Gasteiger partial charge < -0.3 is 0 Å². The van der Waals surface area contributed by atoms with E-state index in [1.807, 2.05) is 62.1 Å². The minimum absolute atomic E-state index is 0.107. The van der Waals surface area contributed by atoms with Gasteiger partial charge in [0.25, 0.3) is 0 Å². The van der Waals surface area contributed by atoms with E-state index in [2.05, 4.69) is 42.5 Å². The van der Waals surface area contributed by atoms with E-state index in [0.717, 1.165) is 33.7 Å². The molecule has 29 heavy (non-hydrogen) atoms. The fourth-order valence-corrected chi connectivity index (χ4v) is 3.77. The van der Waals surface area contributed by atoms with Crippen LogP contribution in [0, 0.1) is 5.41 Å². The van der Waals surface area contributed by atoms with Gasteiger partial charge in [0.05, 0.1) is 6.54 Å². The van der Waals surface area contributed by atoms with Crippen LogP contribution < -0.4 is 0 Å². The van der Waals surface area contributed by atoms with Gasteiger partial charge in [0.15, 0.2) is 0 Å². The van der Waals surface area contributed by atoms with Crippen molar-refractivity contribution in [1.29, 1.82) is 0 Å². The molecule has 146 valence electrons. The molecule has 1 heterocycles. The normalized spacial score (nSPS) is 14.0. The summed E-state index contributed by atoms with van der Waals surface area (Å²) in [5.74, 6) is 0.888. The van der Waals surface area contributed by atoms with Crippen LogP contribution in [-0.2, 0) is 4.79 Å². The molecule has 0 aromatic heterocycles. The van der Waals surface area contributed by atoms with Crippen molar-refractivity contribution < 1.29 is 4.79 Å². The van der Waals surface area contributed by atoms with Gasteiger partial charge in [-0.1, -0.05) is 99.6 Å². The molecule has 1 aliphatic rings. The van der Waals surface area contributed by atoms with Crippen LogP contribution in [0.1, 0.15) is 26.3 Å². The standard InChI is InChI=1S/C26H26N2O/c1-26(2,3)25(29)28-18-17-27-24(28)23-21(19-11-6-4-7-12-19)15-10-16-22(23)20-13-8-5-9-14-20/h4-16H,17-18H2,1-3H3. The lowest BCUT2D eigenvalue weighted by Gasteiger charge is -2.28. The number of rotatable bonds is 3. The Bertz CT molecular complexity index is 989. The molecule has 3 nitrogen and oxygen atoms in total. The van der Waals surface area contributed by atoms with E-state index >= 15 is 0 Å². The topological polar surface area (TPSA) is 32.7 Å². The van der Waals surface area contributed by atoms with E-state index in [4.69, 9.17) is 4.99 Å². The minimum atomic E-state index is -0.459. The molecule has 0 N–H and O–H groups in total. The summed E-state index contributed by atoms with van der Waals surface area (Å²) in [4.78, 5) is 19.9. The van der Waals surface area contributed by atoms with E-state index in [1.54, 1.807) is 0 Å². The van der Waals surface area contributed by atoms with Gasteiger partial charge in [0, 0.05) is 17.5 Å². The smallest absolute Gasteiger partial charge is 0.233 e. The first-order valence-corrected chi connectivity index (χ1v) is 10.1. The van der Waals surface area contributed by atoms with Crippen molar-refractivity contribution in [3.63, 3.8) is 0 Å². The Morgan fingerprint density at radius 1 is 0.793 bits per heavy atom. The molecular formula is C26H26N2O. The van der Waals surface area contributed by atoms with Crippen LogP contribution >= 0.6 is 0 Å². The summed E-state index contributed by atoms with van der Waals surface area (Å²) in [5, 5.41) is 0. The number of carbonyl (C=O) groups is 1. The number of hydrogen-bond acceptors (Lipinski definition) is 2. The second kappa shape index (κ2) is 7.67. The molecule has 0 radical (unpaired) electrons. The van der Waals surface area contributed by atoms with Gasteiger partial charge in [-0.15, -0.1) is 0 Å². The van der Waals surface area contributed by atoms with Gasteiger partial charge in [0.2, 0.25) is 5.91 Å². The van der Waals surface area contributed by atoms with Crippen molar-refractivity contribution in [3.05, 3.63) is 84.4 Å². The average molecular weight is 383 g/mol. The fourth-order valence-electron chi connectivity index (χ4n) is 3.77. The number of benzene rings is 3. The van der Waals surface area contributed by atoms with Gasteiger partial charge in [-0.3, -0.25) is 14.7 Å². The minimum Gasteiger partial charge on any atom is -0.294 e. The van der Waals surface area contributed by atoms with E-state index in [1.165, 1.54) is 0 Å². The Morgan fingerprint density at radius 3 is 1.79 bits per heavy atom. The molecule has 3 aromatic carbocycles. The van der Waals surface area contributed by atoms with E-state index in [9.17, 15) is 4.79 Å². The lowest BCUT2D eigenvalue weighted by molar-refractivity contribution is -0.134. The second-order valence-corrected chi connectivity index (χ2v) is 8.37. The maximum Gasteiger partial charge on any atom is 0.233 e. The number of carbonyl (C=O) groups excluding carboxylic acids is 1. The number of aliphatic imine (C=N–C) groups is 1. The summed E-state index contributed by atoms with van der Waals surface area (Å²) in [7, 11) is 0. The third-order valence-electron chi connectivity index (χ3n) is 5.19. The first-order chi connectivity index (χ1) is 14.0. The van der Waals surface area contributed by atoms with Gasteiger partial charge in [0.1, 0.15) is 5.84 Å². The largest absolute Gasteiger partial charge is 0.294 e. The first kappa shape index (κ1) is 19.1. The van der Waals surface area contributed by atoms with Crippen molar-refractivity contribution in [2.45, 2.75) is 20.8 Å². The lowest BCUT2D eigenvalue weighted by Crippen LogP contribution is -2.42. The molecule has 0 unspecified atom stereocenters. The maximum atomic E-state index is 13.2. The third-order valence-corrected chi connectivity index (χ3v) is 5.19. The number of nitrogens with zero attached hydrogens (tertiary/aromatic N) is 2. The van der Waals surface area contributed by atoms with Gasteiger partial charge in [-0.25, -0.2) is 0 Å². The van der Waals surface area contributed by atoms with Crippen molar-refractivity contribution in [3.8, 4) is 22.3 Å². The van der Waals surface area contributed by atoms with Crippen molar-refractivity contribution in [1.82, 2.24) is 4.90 Å². The summed E-state index contributed by atoms with van der Waals surface area (Å²) in [6.45, 7) is 7.16. The highest BCUT2D eigenvalue weighted by molar-refractivity contribution is 6.16. The quantitative estimate of drug-likeness (QED) is 0.576. The SMILES string of the molecule is CC(C)(C)C(=O)N1CCN=C1c1c(-c2ccccc2)cccc1-c1ccccc1. The number of amidine groups is 1. The zero-order chi connectivity index (χ0) is 20.4. The highest BCUT2D eigenvalue weighted by Gasteiger charge is 2.34. The van der Waals surface area contributed by atoms with Crippen LogP contribution in [0.5, 0.6) is 0 Å². The molecule has 0 spiro atoms. The molecule has 1 amide bonds. The van der Waals surface area contributed by atoms with Crippen LogP contribution in [0.2, 0.25) is 0 Å². The van der Waals surface area contributed by atoms with E-state index in [0.29, 0.717) is 13.1 Å². The fraction of sp³-hybridized carbons (Fsp3) is 0.231. The highest BCUT2D eigenvalue weighted by Crippen LogP contribution is 2.35. The Hall–Kier alpha value is -3.20. The molecule has 0 atom stereocenters. The molecule has 0 saturated heterocycles. The summed E-state index contributed by atoms with van der Waals surface area (Å²) in [6.07, 6.45) is 0. The Morgan fingerprint density at radius 2 is 1.31 bits per heavy atom. The van der Waals surface area contributed by atoms with E-state index < -0.39 is 5.41 Å². The molecule has 0 fully saturated rings. The van der Waals surface area contributed by atoms with Crippen LogP contribution in [0.25, 0.3) is 22.3 Å². The van der Waals surface area contributed by atoms with Crippen molar-refractivity contribution in [2.75, 3.05) is 13.1 Å². The monoisotopic (exact) mass is 382 g/mol. The van der Waals surface area contributed by atoms with Crippen LogP contribution in [-0.4, -0.2) is 29.7 Å². The third kappa shape index (κ3) is 3.73. The van der Waals surface area contributed by atoms with Gasteiger partial charge >= 0.3 is 0 Å². The molecule has 0 bridgehead atoms. The zero-order valence-corrected chi connectivity index (χ0v) is 17.2. The van der Waals surface area contributed by atoms with Gasteiger partial charge in [-0.2, -0.15) is 0 Å². The zero-order valence-electron chi connectivity index (χ0n) is 17.2. The second-order valence-electron chi connectivity index (χ2n) is 8.37.